The van der Waals surface area contributed by atoms with Gasteiger partial charge in [-0.15, -0.1) is 0 Å². The van der Waals surface area contributed by atoms with E-state index in [4.69, 9.17) is 9.47 Å². The molecule has 2 heterocycles. The summed E-state index contributed by atoms with van der Waals surface area (Å²) in [6.45, 7) is 0.623. The lowest BCUT2D eigenvalue weighted by atomic mass is 10.1. The molecule has 0 aliphatic heterocycles. The van der Waals surface area contributed by atoms with Gasteiger partial charge in [0.2, 0.25) is 5.88 Å². The first kappa shape index (κ1) is 13.4. The number of nitrogens with one attached hydrogen (secondary N) is 1. The second-order valence-corrected chi connectivity index (χ2v) is 4.48. The Morgan fingerprint density at radius 2 is 2.16 bits per heavy atom. The highest BCUT2D eigenvalue weighted by molar-refractivity contribution is 5.98. The molecule has 0 bridgehead atoms. The van der Waals surface area contributed by atoms with Crippen molar-refractivity contribution in [3.05, 3.63) is 23.5 Å². The first-order valence-electron chi connectivity index (χ1n) is 5.84. The summed E-state index contributed by atoms with van der Waals surface area (Å²) in [7, 11) is 6.82. The van der Waals surface area contributed by atoms with Gasteiger partial charge >= 0.3 is 5.97 Å². The quantitative estimate of drug-likeness (QED) is 0.845. The summed E-state index contributed by atoms with van der Waals surface area (Å²) in [5, 5.41) is 0.918. The molecule has 0 aromatic carbocycles. The lowest BCUT2D eigenvalue weighted by Crippen LogP contribution is -2.14. The molecule has 0 fully saturated rings. The lowest BCUT2D eigenvalue weighted by molar-refractivity contribution is 0.0593. The van der Waals surface area contributed by atoms with Crippen LogP contribution in [0.1, 0.15) is 16.1 Å². The fourth-order valence-corrected chi connectivity index (χ4v) is 2.00. The average Bonchev–Trinajstić information content (AvgIpc) is 2.75. The number of fused-ring (bicyclic) bond motifs is 1. The molecule has 0 aliphatic rings. The van der Waals surface area contributed by atoms with E-state index in [0.717, 1.165) is 16.5 Å². The molecular formula is C13H17N3O3. The van der Waals surface area contributed by atoms with Crippen LogP contribution >= 0.6 is 0 Å². The van der Waals surface area contributed by atoms with Crippen LogP contribution in [0.2, 0.25) is 0 Å². The number of carbonyl (C=O) groups excluding carboxylic acids is 1. The van der Waals surface area contributed by atoms with Crippen molar-refractivity contribution in [1.29, 1.82) is 0 Å². The van der Waals surface area contributed by atoms with E-state index in [1.807, 2.05) is 25.1 Å². The molecule has 0 unspecified atom stereocenters. The van der Waals surface area contributed by atoms with Crippen LogP contribution in [0.3, 0.4) is 0 Å². The van der Waals surface area contributed by atoms with Crippen molar-refractivity contribution >= 4 is 16.9 Å². The van der Waals surface area contributed by atoms with Gasteiger partial charge < -0.3 is 19.4 Å². The molecule has 0 atom stereocenters. The van der Waals surface area contributed by atoms with E-state index in [2.05, 4.69) is 9.97 Å². The van der Waals surface area contributed by atoms with Gasteiger partial charge in [-0.3, -0.25) is 0 Å². The normalized spacial score (nSPS) is 11.0. The molecule has 0 saturated heterocycles. The second-order valence-electron chi connectivity index (χ2n) is 4.48. The Morgan fingerprint density at radius 1 is 1.42 bits per heavy atom. The van der Waals surface area contributed by atoms with Gasteiger partial charge in [-0.05, 0) is 14.1 Å². The van der Waals surface area contributed by atoms with Crippen LogP contribution < -0.4 is 4.74 Å². The van der Waals surface area contributed by atoms with Crippen LogP contribution in [0.15, 0.2) is 12.3 Å². The summed E-state index contributed by atoms with van der Waals surface area (Å²) in [5.74, 6) is 0.134. The van der Waals surface area contributed by atoms with Crippen molar-refractivity contribution in [3.63, 3.8) is 0 Å². The maximum Gasteiger partial charge on any atom is 0.354 e. The number of aromatic nitrogens is 2. The highest BCUT2D eigenvalue weighted by Crippen LogP contribution is 2.26. The zero-order chi connectivity index (χ0) is 14.0. The predicted octanol–water partition coefficient (Wildman–Crippen LogP) is 1.42. The SMILES string of the molecule is COC(=O)c1[nH]c2cnc(OC)cc2c1CN(C)C. The molecule has 0 amide bonds. The fraction of sp³-hybridized carbons (Fsp3) is 0.385. The van der Waals surface area contributed by atoms with Crippen LogP contribution in [-0.4, -0.2) is 49.2 Å². The Labute approximate surface area is 111 Å². The summed E-state index contributed by atoms with van der Waals surface area (Å²) >= 11 is 0. The van der Waals surface area contributed by atoms with Crippen molar-refractivity contribution in [1.82, 2.24) is 14.9 Å². The van der Waals surface area contributed by atoms with Gasteiger partial charge in [-0.2, -0.15) is 0 Å². The summed E-state index contributed by atoms with van der Waals surface area (Å²) in [6.07, 6.45) is 1.65. The summed E-state index contributed by atoms with van der Waals surface area (Å²) < 4.78 is 9.93. The van der Waals surface area contributed by atoms with Gasteiger partial charge in [0.05, 0.1) is 25.9 Å². The number of rotatable bonds is 4. The Kier molecular flexibility index (Phi) is 3.71. The monoisotopic (exact) mass is 263 g/mol. The Hall–Kier alpha value is -2.08. The first-order chi connectivity index (χ1) is 9.06. The number of H-pyrrole nitrogens is 1. The van der Waals surface area contributed by atoms with E-state index in [0.29, 0.717) is 18.1 Å². The fourth-order valence-electron chi connectivity index (χ4n) is 2.00. The van der Waals surface area contributed by atoms with Crippen molar-refractivity contribution in [2.75, 3.05) is 28.3 Å². The number of nitrogens with zero attached hydrogens (tertiary/aromatic N) is 2. The molecule has 1 N–H and O–H groups in total. The highest BCUT2D eigenvalue weighted by atomic mass is 16.5. The number of aromatic amines is 1. The number of hydrogen-bond donors (Lipinski definition) is 1. The lowest BCUT2D eigenvalue weighted by Gasteiger charge is -2.10. The Balaban J connectivity index is 2.63. The number of methoxy groups -OCH3 is 2. The zero-order valence-corrected chi connectivity index (χ0v) is 11.5. The largest absolute Gasteiger partial charge is 0.481 e. The van der Waals surface area contributed by atoms with E-state index < -0.39 is 0 Å². The number of hydrogen-bond acceptors (Lipinski definition) is 5. The Morgan fingerprint density at radius 3 is 2.74 bits per heavy atom. The summed E-state index contributed by atoms with van der Waals surface area (Å²) in [4.78, 5) is 21.0. The minimum absolute atomic E-state index is 0.382. The molecule has 6 heteroatoms. The van der Waals surface area contributed by atoms with Crippen molar-refractivity contribution < 1.29 is 14.3 Å². The zero-order valence-electron chi connectivity index (χ0n) is 11.5. The van der Waals surface area contributed by atoms with E-state index in [1.165, 1.54) is 7.11 Å². The van der Waals surface area contributed by atoms with E-state index in [-0.39, 0.29) is 5.97 Å². The van der Waals surface area contributed by atoms with Gasteiger partial charge in [-0.1, -0.05) is 0 Å². The molecule has 6 nitrogen and oxygen atoms in total. The van der Waals surface area contributed by atoms with Crippen LogP contribution in [0.4, 0.5) is 0 Å². The number of carbonyl (C=O) groups is 1. The third-order valence-electron chi connectivity index (χ3n) is 2.84. The molecule has 2 rings (SSSR count). The van der Waals surface area contributed by atoms with E-state index in [1.54, 1.807) is 13.3 Å². The highest BCUT2D eigenvalue weighted by Gasteiger charge is 2.19. The standard InChI is InChI=1S/C13H17N3O3/c1-16(2)7-9-8-5-11(18-3)14-6-10(8)15-12(9)13(17)19-4/h5-6,15H,7H2,1-4H3. The van der Waals surface area contributed by atoms with Gasteiger partial charge in [-0.25, -0.2) is 9.78 Å². The topological polar surface area (TPSA) is 67.5 Å². The van der Waals surface area contributed by atoms with Crippen molar-refractivity contribution in [2.45, 2.75) is 6.54 Å². The number of esters is 1. The molecule has 19 heavy (non-hydrogen) atoms. The predicted molar refractivity (Wildman–Crippen MR) is 71.4 cm³/mol. The third-order valence-corrected chi connectivity index (χ3v) is 2.84. The molecule has 0 saturated carbocycles. The summed E-state index contributed by atoms with van der Waals surface area (Å²) in [5.41, 5.74) is 2.13. The van der Waals surface area contributed by atoms with Gasteiger partial charge in [0.1, 0.15) is 5.69 Å². The van der Waals surface area contributed by atoms with Crippen molar-refractivity contribution in [2.24, 2.45) is 0 Å². The molecule has 0 spiro atoms. The third kappa shape index (κ3) is 2.53. The van der Waals surface area contributed by atoms with E-state index >= 15 is 0 Å². The van der Waals surface area contributed by atoms with E-state index in [9.17, 15) is 4.79 Å². The van der Waals surface area contributed by atoms with Gasteiger partial charge in [0.25, 0.3) is 0 Å². The Bertz CT molecular complexity index is 604. The molecule has 0 aliphatic carbocycles. The van der Waals surface area contributed by atoms with Crippen LogP contribution in [-0.2, 0) is 11.3 Å². The average molecular weight is 263 g/mol. The minimum atomic E-state index is -0.382. The second kappa shape index (κ2) is 5.27. The van der Waals surface area contributed by atoms with Crippen LogP contribution in [0, 0.1) is 0 Å². The first-order valence-corrected chi connectivity index (χ1v) is 5.84. The maximum atomic E-state index is 11.8. The van der Waals surface area contributed by atoms with Gasteiger partial charge in [0.15, 0.2) is 0 Å². The van der Waals surface area contributed by atoms with Crippen molar-refractivity contribution in [3.8, 4) is 5.88 Å². The maximum absolute atomic E-state index is 11.8. The van der Waals surface area contributed by atoms with Crippen LogP contribution in [0.5, 0.6) is 5.88 Å². The summed E-state index contributed by atoms with van der Waals surface area (Å²) in [6, 6.07) is 1.82. The van der Waals surface area contributed by atoms with Crippen LogP contribution in [0.25, 0.3) is 10.9 Å². The van der Waals surface area contributed by atoms with Gasteiger partial charge in [0, 0.05) is 23.6 Å². The molecule has 2 aromatic heterocycles. The minimum Gasteiger partial charge on any atom is -0.481 e. The smallest absolute Gasteiger partial charge is 0.354 e. The molecule has 102 valence electrons. The molecule has 0 radical (unpaired) electrons. The number of pyridine rings is 1. The number of ether oxygens (including phenoxy) is 2. The molecular weight excluding hydrogens is 246 g/mol. The molecule has 2 aromatic rings.